The van der Waals surface area contributed by atoms with Gasteiger partial charge in [0.15, 0.2) is 0 Å². The first-order valence-electron chi connectivity index (χ1n) is 8.44. The lowest BCUT2D eigenvalue weighted by molar-refractivity contribution is -0.127. The highest BCUT2D eigenvalue weighted by molar-refractivity contribution is 6.16. The molecule has 2 N–H and O–H groups in total. The van der Waals surface area contributed by atoms with Crippen LogP contribution in [0.4, 0.5) is 10.5 Å². The van der Waals surface area contributed by atoms with Gasteiger partial charge in [0.05, 0.1) is 19.9 Å². The summed E-state index contributed by atoms with van der Waals surface area (Å²) in [5.74, 6) is -0.0770. The van der Waals surface area contributed by atoms with Crippen molar-refractivity contribution in [1.29, 1.82) is 0 Å². The SMILES string of the molecule is COc1ccccc1C=C1NC(=O)N(CC(=O)Nc2ccccc2OC)C1=O. The number of para-hydroxylation sites is 3. The van der Waals surface area contributed by atoms with Crippen molar-refractivity contribution in [2.75, 3.05) is 26.1 Å². The predicted octanol–water partition coefficient (Wildman–Crippen LogP) is 2.24. The Bertz CT molecular complexity index is 954. The molecule has 2 aromatic rings. The van der Waals surface area contributed by atoms with Crippen LogP contribution in [-0.4, -0.2) is 43.5 Å². The number of ether oxygens (including phenoxy) is 2. The van der Waals surface area contributed by atoms with E-state index >= 15 is 0 Å². The molecule has 1 fully saturated rings. The molecule has 2 aromatic carbocycles. The van der Waals surface area contributed by atoms with Gasteiger partial charge in [-0.1, -0.05) is 30.3 Å². The van der Waals surface area contributed by atoms with E-state index in [1.165, 1.54) is 20.3 Å². The minimum atomic E-state index is -0.665. The van der Waals surface area contributed by atoms with Crippen LogP contribution < -0.4 is 20.1 Å². The Morgan fingerprint density at radius 2 is 1.68 bits per heavy atom. The van der Waals surface area contributed by atoms with Crippen molar-refractivity contribution < 1.29 is 23.9 Å². The van der Waals surface area contributed by atoms with Crippen molar-refractivity contribution >= 4 is 29.6 Å². The molecule has 1 aliphatic rings. The number of amides is 4. The second-order valence-corrected chi connectivity index (χ2v) is 5.87. The number of hydrogen-bond acceptors (Lipinski definition) is 5. The third-order valence-electron chi connectivity index (χ3n) is 4.08. The molecule has 1 aliphatic heterocycles. The van der Waals surface area contributed by atoms with Crippen molar-refractivity contribution in [3.63, 3.8) is 0 Å². The number of anilines is 1. The molecule has 28 heavy (non-hydrogen) atoms. The van der Waals surface area contributed by atoms with Crippen LogP contribution in [0.15, 0.2) is 54.2 Å². The van der Waals surface area contributed by atoms with Gasteiger partial charge < -0.3 is 20.1 Å². The maximum absolute atomic E-state index is 12.6. The number of benzene rings is 2. The smallest absolute Gasteiger partial charge is 0.329 e. The molecule has 0 atom stereocenters. The first-order valence-corrected chi connectivity index (χ1v) is 8.44. The fourth-order valence-corrected chi connectivity index (χ4v) is 2.74. The van der Waals surface area contributed by atoms with Crippen LogP contribution in [-0.2, 0) is 9.59 Å². The number of rotatable bonds is 6. The zero-order valence-electron chi connectivity index (χ0n) is 15.4. The molecule has 8 nitrogen and oxygen atoms in total. The zero-order chi connectivity index (χ0) is 20.1. The molecule has 1 heterocycles. The lowest BCUT2D eigenvalue weighted by Gasteiger charge is -2.13. The van der Waals surface area contributed by atoms with Crippen LogP contribution in [0.1, 0.15) is 5.56 Å². The monoisotopic (exact) mass is 381 g/mol. The quantitative estimate of drug-likeness (QED) is 0.591. The topological polar surface area (TPSA) is 97.0 Å². The highest BCUT2D eigenvalue weighted by Crippen LogP contribution is 2.24. The lowest BCUT2D eigenvalue weighted by atomic mass is 10.1. The first kappa shape index (κ1) is 19.0. The Morgan fingerprint density at radius 3 is 2.39 bits per heavy atom. The fourth-order valence-electron chi connectivity index (χ4n) is 2.74. The fraction of sp³-hybridized carbons (Fsp3) is 0.150. The Hall–Kier alpha value is -3.81. The van der Waals surface area contributed by atoms with Gasteiger partial charge in [-0.3, -0.25) is 9.59 Å². The number of nitrogens with zero attached hydrogens (tertiary/aromatic N) is 1. The van der Waals surface area contributed by atoms with Crippen LogP contribution in [0.5, 0.6) is 11.5 Å². The molecule has 0 bridgehead atoms. The van der Waals surface area contributed by atoms with E-state index in [0.717, 1.165) is 4.90 Å². The van der Waals surface area contributed by atoms with Crippen LogP contribution in [0.3, 0.4) is 0 Å². The number of methoxy groups -OCH3 is 2. The van der Waals surface area contributed by atoms with Crippen LogP contribution in [0.25, 0.3) is 6.08 Å². The van der Waals surface area contributed by atoms with E-state index in [1.54, 1.807) is 48.5 Å². The minimum absolute atomic E-state index is 0.0691. The molecule has 0 aromatic heterocycles. The van der Waals surface area contributed by atoms with Crippen molar-refractivity contribution in [2.24, 2.45) is 0 Å². The molecule has 4 amide bonds. The van der Waals surface area contributed by atoms with Gasteiger partial charge in [0, 0.05) is 5.56 Å². The van der Waals surface area contributed by atoms with E-state index in [2.05, 4.69) is 10.6 Å². The molecule has 1 saturated heterocycles. The predicted molar refractivity (Wildman–Crippen MR) is 103 cm³/mol. The zero-order valence-corrected chi connectivity index (χ0v) is 15.4. The second kappa shape index (κ2) is 8.26. The van der Waals surface area contributed by atoms with Gasteiger partial charge in [-0.2, -0.15) is 0 Å². The van der Waals surface area contributed by atoms with Crippen molar-refractivity contribution in [3.8, 4) is 11.5 Å². The molecule has 0 spiro atoms. The van der Waals surface area contributed by atoms with Gasteiger partial charge in [0.2, 0.25) is 5.91 Å². The van der Waals surface area contributed by atoms with Gasteiger partial charge in [-0.05, 0) is 24.3 Å². The number of nitrogens with one attached hydrogen (secondary N) is 2. The maximum atomic E-state index is 12.6. The van der Waals surface area contributed by atoms with Crippen molar-refractivity contribution in [2.45, 2.75) is 0 Å². The summed E-state index contributed by atoms with van der Waals surface area (Å²) < 4.78 is 10.4. The van der Waals surface area contributed by atoms with Crippen LogP contribution in [0.2, 0.25) is 0 Å². The Labute approximate surface area is 161 Å². The molecule has 3 rings (SSSR count). The first-order chi connectivity index (χ1) is 13.5. The molecule has 0 aliphatic carbocycles. The number of urea groups is 1. The normalized spacial score (nSPS) is 14.8. The molecule has 144 valence electrons. The van der Waals surface area contributed by atoms with Crippen molar-refractivity contribution in [3.05, 3.63) is 59.8 Å². The third-order valence-corrected chi connectivity index (χ3v) is 4.08. The van der Waals surface area contributed by atoms with Gasteiger partial charge in [-0.25, -0.2) is 9.69 Å². The average Bonchev–Trinajstić information content (AvgIpc) is 2.96. The van der Waals surface area contributed by atoms with Gasteiger partial charge in [0.25, 0.3) is 5.91 Å². The molecule has 0 saturated carbocycles. The third kappa shape index (κ3) is 3.96. The van der Waals surface area contributed by atoms with Gasteiger partial charge >= 0.3 is 6.03 Å². The summed E-state index contributed by atoms with van der Waals surface area (Å²) in [6.07, 6.45) is 1.51. The highest BCUT2D eigenvalue weighted by atomic mass is 16.5. The number of hydrogen-bond donors (Lipinski definition) is 2. The van der Waals surface area contributed by atoms with E-state index in [0.29, 0.717) is 22.7 Å². The Balaban J connectivity index is 1.73. The van der Waals surface area contributed by atoms with E-state index < -0.39 is 24.4 Å². The van der Waals surface area contributed by atoms with Gasteiger partial charge in [0.1, 0.15) is 23.7 Å². The Kier molecular flexibility index (Phi) is 5.59. The standard InChI is InChI=1S/C20H19N3O5/c1-27-16-9-5-3-7-13(16)11-15-19(25)23(20(26)22-15)12-18(24)21-14-8-4-6-10-17(14)28-2/h3-11H,12H2,1-2H3,(H,21,24)(H,22,26). The second-order valence-electron chi connectivity index (χ2n) is 5.87. The molecular weight excluding hydrogens is 362 g/mol. The van der Waals surface area contributed by atoms with Gasteiger partial charge in [-0.15, -0.1) is 0 Å². The summed E-state index contributed by atoms with van der Waals surface area (Å²) in [7, 11) is 3.00. The Morgan fingerprint density at radius 1 is 1.04 bits per heavy atom. The van der Waals surface area contributed by atoms with E-state index in [9.17, 15) is 14.4 Å². The summed E-state index contributed by atoms with van der Waals surface area (Å²) in [4.78, 5) is 37.9. The summed E-state index contributed by atoms with van der Waals surface area (Å²) in [6.45, 7) is -0.425. The molecular formula is C20H19N3O5. The van der Waals surface area contributed by atoms with Crippen LogP contribution in [0, 0.1) is 0 Å². The maximum Gasteiger partial charge on any atom is 0.329 e. The van der Waals surface area contributed by atoms with Crippen LogP contribution >= 0.6 is 0 Å². The average molecular weight is 381 g/mol. The molecule has 0 unspecified atom stereocenters. The summed E-state index contributed by atoms with van der Waals surface area (Å²) in [5, 5.41) is 5.12. The summed E-state index contributed by atoms with van der Waals surface area (Å²) in [6, 6.07) is 13.3. The minimum Gasteiger partial charge on any atom is -0.496 e. The molecule has 0 radical (unpaired) electrons. The summed E-state index contributed by atoms with van der Waals surface area (Å²) in [5.41, 5.74) is 1.15. The van der Waals surface area contributed by atoms with E-state index in [4.69, 9.17) is 9.47 Å². The number of imide groups is 1. The largest absolute Gasteiger partial charge is 0.496 e. The highest BCUT2D eigenvalue weighted by Gasteiger charge is 2.35. The van der Waals surface area contributed by atoms with Crippen molar-refractivity contribution in [1.82, 2.24) is 10.2 Å². The van der Waals surface area contributed by atoms with E-state index in [1.807, 2.05) is 0 Å². The molecule has 8 heteroatoms. The lowest BCUT2D eigenvalue weighted by Crippen LogP contribution is -2.38. The number of carbonyl (C=O) groups excluding carboxylic acids is 3. The van der Waals surface area contributed by atoms with E-state index in [-0.39, 0.29) is 5.70 Å². The summed E-state index contributed by atoms with van der Waals surface area (Å²) >= 11 is 0. The number of carbonyl (C=O) groups is 3.